The second-order valence-corrected chi connectivity index (χ2v) is 9.86. The highest BCUT2D eigenvalue weighted by Gasteiger charge is 2.57. The van der Waals surface area contributed by atoms with Crippen LogP contribution in [0.1, 0.15) is 68.0 Å². The van der Waals surface area contributed by atoms with Crippen molar-refractivity contribution >= 4 is 0 Å². The number of benzene rings is 2. The molecule has 2 aromatic carbocycles. The van der Waals surface area contributed by atoms with E-state index in [-0.39, 0.29) is 23.2 Å². The molecule has 2 aliphatic rings. The molecule has 4 atom stereocenters. The first-order valence-corrected chi connectivity index (χ1v) is 11.7. The molecule has 0 saturated carbocycles. The first kappa shape index (κ1) is 25.0. The topological polar surface area (TPSA) is 62.8 Å². The van der Waals surface area contributed by atoms with Crippen LogP contribution in [-0.4, -0.2) is 37.6 Å². The van der Waals surface area contributed by atoms with E-state index in [9.17, 15) is 18.3 Å². The number of nitrogens with one attached hydrogen (secondary N) is 2. The lowest BCUT2D eigenvalue weighted by Gasteiger charge is -2.43. The first-order chi connectivity index (χ1) is 16.0. The number of halogens is 3. The maximum absolute atomic E-state index is 14.1. The van der Waals surface area contributed by atoms with E-state index in [1.807, 2.05) is 32.0 Å². The lowest BCUT2D eigenvalue weighted by atomic mass is 9.80. The Balaban J connectivity index is 1.75. The number of fused-ring (bicyclic) bond motifs is 1. The number of methoxy groups -OCH3 is 1. The molecule has 5 nitrogen and oxygen atoms in total. The monoisotopic (exact) mass is 478 g/mol. The summed E-state index contributed by atoms with van der Waals surface area (Å²) in [7, 11) is 1.49. The molecule has 8 heteroatoms. The quantitative estimate of drug-likeness (QED) is 0.573. The average molecular weight is 479 g/mol. The summed E-state index contributed by atoms with van der Waals surface area (Å²) in [4.78, 5) is 0. The third-order valence-electron chi connectivity index (χ3n) is 7.15. The van der Waals surface area contributed by atoms with E-state index in [4.69, 9.17) is 9.47 Å². The predicted molar refractivity (Wildman–Crippen MR) is 124 cm³/mol. The van der Waals surface area contributed by atoms with Crippen LogP contribution in [0.4, 0.5) is 13.2 Å². The number of hydrogen-bond donors (Lipinski definition) is 3. The maximum Gasteiger partial charge on any atom is 0.421 e. The van der Waals surface area contributed by atoms with Crippen molar-refractivity contribution in [2.75, 3.05) is 20.3 Å². The molecule has 2 aromatic rings. The normalized spacial score (nSPS) is 27.8. The standard InChI is InChI=1S/C26H33F3N2O3/c1-24(2,31-20-11-8-12-30-23(20)16-9-6-5-7-10-16)19-14-18-17(13-22(19)33-4)21(32)15-34-25(18,3)26(27,28)29/h5-7,9-10,13-14,20-21,23,30-32H,8,11-12,15H2,1-4H3. The van der Waals surface area contributed by atoms with Crippen LogP contribution < -0.4 is 15.4 Å². The van der Waals surface area contributed by atoms with Gasteiger partial charge in [-0.1, -0.05) is 30.3 Å². The number of alkyl halides is 3. The van der Waals surface area contributed by atoms with E-state index in [1.54, 1.807) is 0 Å². The molecule has 34 heavy (non-hydrogen) atoms. The molecule has 4 unspecified atom stereocenters. The van der Waals surface area contributed by atoms with Gasteiger partial charge in [0.25, 0.3) is 0 Å². The molecule has 4 rings (SSSR count). The van der Waals surface area contributed by atoms with Crippen LogP contribution in [0.2, 0.25) is 0 Å². The van der Waals surface area contributed by atoms with Crippen molar-refractivity contribution < 1.29 is 27.8 Å². The number of aliphatic hydroxyl groups excluding tert-OH is 1. The van der Waals surface area contributed by atoms with Crippen LogP contribution in [0.25, 0.3) is 0 Å². The van der Waals surface area contributed by atoms with E-state index in [0.717, 1.165) is 31.9 Å². The second-order valence-electron chi connectivity index (χ2n) is 9.86. The molecule has 3 N–H and O–H groups in total. The number of aliphatic hydroxyl groups is 1. The second kappa shape index (κ2) is 9.15. The van der Waals surface area contributed by atoms with Crippen LogP contribution in [0.15, 0.2) is 42.5 Å². The highest BCUT2D eigenvalue weighted by molar-refractivity contribution is 5.50. The van der Waals surface area contributed by atoms with Crippen molar-refractivity contribution in [3.63, 3.8) is 0 Å². The van der Waals surface area contributed by atoms with Gasteiger partial charge in [-0.05, 0) is 69.0 Å². The first-order valence-electron chi connectivity index (χ1n) is 11.7. The largest absolute Gasteiger partial charge is 0.496 e. The van der Waals surface area contributed by atoms with Crippen molar-refractivity contribution in [1.29, 1.82) is 0 Å². The van der Waals surface area contributed by atoms with Crippen molar-refractivity contribution in [3.05, 3.63) is 64.7 Å². The summed E-state index contributed by atoms with van der Waals surface area (Å²) < 4.78 is 53.1. The lowest BCUT2D eigenvalue weighted by Crippen LogP contribution is -2.52. The summed E-state index contributed by atoms with van der Waals surface area (Å²) in [5.74, 6) is 0.432. The van der Waals surface area contributed by atoms with Crippen LogP contribution >= 0.6 is 0 Å². The highest BCUT2D eigenvalue weighted by Crippen LogP contribution is 2.50. The molecule has 1 fully saturated rings. The molecule has 2 aliphatic heterocycles. The van der Waals surface area contributed by atoms with Gasteiger partial charge in [-0.25, -0.2) is 0 Å². The predicted octanol–water partition coefficient (Wildman–Crippen LogP) is 4.85. The molecule has 186 valence electrons. The van der Waals surface area contributed by atoms with Crippen molar-refractivity contribution in [1.82, 2.24) is 10.6 Å². The highest BCUT2D eigenvalue weighted by atomic mass is 19.4. The van der Waals surface area contributed by atoms with Crippen molar-refractivity contribution in [2.45, 2.75) is 69.1 Å². The molecule has 2 heterocycles. The Labute approximate surface area is 198 Å². The Morgan fingerprint density at radius 1 is 1.18 bits per heavy atom. The van der Waals surface area contributed by atoms with E-state index in [0.29, 0.717) is 11.3 Å². The molecular weight excluding hydrogens is 445 g/mol. The van der Waals surface area contributed by atoms with Gasteiger partial charge >= 0.3 is 6.18 Å². The van der Waals surface area contributed by atoms with E-state index in [1.165, 1.54) is 19.2 Å². The zero-order valence-corrected chi connectivity index (χ0v) is 20.0. The molecule has 0 aliphatic carbocycles. The lowest BCUT2D eigenvalue weighted by molar-refractivity contribution is -0.288. The van der Waals surface area contributed by atoms with Gasteiger partial charge in [0.15, 0.2) is 5.60 Å². The molecule has 0 amide bonds. The van der Waals surface area contributed by atoms with Crippen LogP contribution in [0, 0.1) is 0 Å². The van der Waals surface area contributed by atoms with Gasteiger partial charge in [0.1, 0.15) is 11.9 Å². The summed E-state index contributed by atoms with van der Waals surface area (Å²) in [6, 6.07) is 13.3. The Kier molecular flexibility index (Phi) is 6.72. The van der Waals surface area contributed by atoms with Gasteiger partial charge in [0, 0.05) is 23.2 Å². The Morgan fingerprint density at radius 3 is 2.53 bits per heavy atom. The average Bonchev–Trinajstić information content (AvgIpc) is 2.81. The molecule has 0 aromatic heterocycles. The molecule has 0 bridgehead atoms. The molecule has 0 radical (unpaired) electrons. The van der Waals surface area contributed by atoms with E-state index < -0.39 is 30.0 Å². The van der Waals surface area contributed by atoms with Crippen molar-refractivity contribution in [2.24, 2.45) is 0 Å². The minimum atomic E-state index is -4.64. The number of hydrogen-bond acceptors (Lipinski definition) is 5. The van der Waals surface area contributed by atoms with Crippen molar-refractivity contribution in [3.8, 4) is 5.75 Å². The number of ether oxygens (including phenoxy) is 2. The summed E-state index contributed by atoms with van der Waals surface area (Å²) in [5.41, 5.74) is -1.40. The zero-order chi connectivity index (χ0) is 24.7. The zero-order valence-electron chi connectivity index (χ0n) is 20.0. The number of piperidine rings is 1. The van der Waals surface area contributed by atoms with Gasteiger partial charge in [0.05, 0.1) is 13.7 Å². The molecular formula is C26H33F3N2O3. The smallest absolute Gasteiger partial charge is 0.421 e. The van der Waals surface area contributed by atoms with E-state index >= 15 is 0 Å². The van der Waals surface area contributed by atoms with Crippen LogP contribution in [0.3, 0.4) is 0 Å². The minimum Gasteiger partial charge on any atom is -0.496 e. The fraction of sp³-hybridized carbons (Fsp3) is 0.538. The third-order valence-corrected chi connectivity index (χ3v) is 7.15. The Morgan fingerprint density at radius 2 is 1.88 bits per heavy atom. The Bertz CT molecular complexity index is 1010. The van der Waals surface area contributed by atoms with Gasteiger partial charge in [-0.3, -0.25) is 0 Å². The number of rotatable bonds is 5. The van der Waals surface area contributed by atoms with E-state index in [2.05, 4.69) is 22.8 Å². The minimum absolute atomic E-state index is 0.0581. The SMILES string of the molecule is COc1cc2c(cc1C(C)(C)NC1CCCNC1c1ccccc1)C(C)(C(F)(F)F)OCC2O. The summed E-state index contributed by atoms with van der Waals surface area (Å²) in [6.07, 6.45) is -3.89. The van der Waals surface area contributed by atoms with Gasteiger partial charge in [0.2, 0.25) is 0 Å². The fourth-order valence-corrected chi connectivity index (χ4v) is 5.19. The van der Waals surface area contributed by atoms with Gasteiger partial charge in [-0.2, -0.15) is 13.2 Å². The van der Waals surface area contributed by atoms with Gasteiger partial charge < -0.3 is 25.2 Å². The molecule has 0 spiro atoms. The third kappa shape index (κ3) is 4.44. The summed E-state index contributed by atoms with van der Waals surface area (Å²) in [6.45, 7) is 5.38. The van der Waals surface area contributed by atoms with Crippen LogP contribution in [-0.2, 0) is 15.9 Å². The maximum atomic E-state index is 14.1. The Hall–Kier alpha value is -2.13. The summed E-state index contributed by atoms with van der Waals surface area (Å²) in [5, 5.41) is 17.7. The summed E-state index contributed by atoms with van der Waals surface area (Å²) >= 11 is 0. The van der Waals surface area contributed by atoms with Gasteiger partial charge in [-0.15, -0.1) is 0 Å². The molecule has 1 saturated heterocycles. The fourth-order valence-electron chi connectivity index (χ4n) is 5.19. The van der Waals surface area contributed by atoms with Crippen LogP contribution in [0.5, 0.6) is 5.75 Å².